The van der Waals surface area contributed by atoms with Crippen LogP contribution in [0, 0.1) is 0 Å². The first-order chi connectivity index (χ1) is 12.6. The molecule has 1 amide bonds. The van der Waals surface area contributed by atoms with Gasteiger partial charge in [-0.05, 0) is 49.0 Å². The van der Waals surface area contributed by atoms with Crippen molar-refractivity contribution in [2.45, 2.75) is 19.6 Å². The van der Waals surface area contributed by atoms with Gasteiger partial charge in [-0.25, -0.2) is 0 Å². The summed E-state index contributed by atoms with van der Waals surface area (Å²) in [5.41, 5.74) is 4.15. The molecule has 2 aromatic carbocycles. The molecule has 0 atom stereocenters. The van der Waals surface area contributed by atoms with E-state index < -0.39 is 0 Å². The Morgan fingerprint density at radius 3 is 2.42 bits per heavy atom. The predicted molar refractivity (Wildman–Crippen MR) is 103 cm³/mol. The van der Waals surface area contributed by atoms with Crippen molar-refractivity contribution >= 4 is 5.91 Å². The van der Waals surface area contributed by atoms with Crippen molar-refractivity contribution in [1.29, 1.82) is 0 Å². The number of carbonyl (C=O) groups excluding carboxylic acids is 1. The first-order valence-electron chi connectivity index (χ1n) is 8.68. The zero-order valence-corrected chi connectivity index (χ0v) is 15.2. The molecule has 0 unspecified atom stereocenters. The van der Waals surface area contributed by atoms with E-state index in [2.05, 4.69) is 27.4 Å². The topological polar surface area (TPSA) is 50.2 Å². The van der Waals surface area contributed by atoms with Crippen LogP contribution in [0.25, 0.3) is 0 Å². The molecule has 0 fully saturated rings. The Morgan fingerprint density at radius 1 is 1.04 bits per heavy atom. The third kappa shape index (κ3) is 4.80. The molecule has 3 rings (SSSR count). The maximum Gasteiger partial charge on any atom is 0.251 e. The lowest BCUT2D eigenvalue weighted by atomic mass is 10.1. The molecule has 1 aromatic heterocycles. The van der Waals surface area contributed by atoms with E-state index in [0.717, 1.165) is 17.7 Å². The van der Waals surface area contributed by atoms with Crippen molar-refractivity contribution in [3.8, 4) is 0 Å². The summed E-state index contributed by atoms with van der Waals surface area (Å²) >= 11 is 0. The monoisotopic (exact) mass is 348 g/mol. The van der Waals surface area contributed by atoms with E-state index in [9.17, 15) is 4.79 Å². The number of hydrogen-bond donors (Lipinski definition) is 1. The number of rotatable bonds is 7. The van der Waals surface area contributed by atoms with E-state index in [4.69, 9.17) is 0 Å². The van der Waals surface area contributed by atoms with Gasteiger partial charge in [-0.1, -0.05) is 36.4 Å². The number of nitrogens with zero attached hydrogens (tertiary/aromatic N) is 3. The van der Waals surface area contributed by atoms with E-state index >= 15 is 0 Å². The zero-order chi connectivity index (χ0) is 18.4. The second-order valence-corrected chi connectivity index (χ2v) is 6.59. The Labute approximate surface area is 154 Å². The van der Waals surface area contributed by atoms with Crippen molar-refractivity contribution in [2.75, 3.05) is 14.1 Å². The normalized spacial score (nSPS) is 10.9. The van der Waals surface area contributed by atoms with Crippen LogP contribution < -0.4 is 5.32 Å². The number of amides is 1. The minimum Gasteiger partial charge on any atom is -0.348 e. The van der Waals surface area contributed by atoms with Crippen LogP contribution in [0.5, 0.6) is 0 Å². The summed E-state index contributed by atoms with van der Waals surface area (Å²) in [4.78, 5) is 14.6. The molecule has 0 spiro atoms. The third-order valence-corrected chi connectivity index (χ3v) is 4.16. The van der Waals surface area contributed by atoms with Gasteiger partial charge in [-0.3, -0.25) is 9.48 Å². The lowest BCUT2D eigenvalue weighted by molar-refractivity contribution is 0.0951. The number of hydrogen-bond acceptors (Lipinski definition) is 3. The Morgan fingerprint density at radius 2 is 1.77 bits per heavy atom. The van der Waals surface area contributed by atoms with Gasteiger partial charge >= 0.3 is 0 Å². The summed E-state index contributed by atoms with van der Waals surface area (Å²) in [6.07, 6.45) is 3.68. The molecule has 0 aliphatic carbocycles. The lowest BCUT2D eigenvalue weighted by Crippen LogP contribution is -2.24. The molecule has 0 aliphatic rings. The summed E-state index contributed by atoms with van der Waals surface area (Å²) in [6.45, 7) is 2.08. The van der Waals surface area contributed by atoms with Crippen LogP contribution in [0.1, 0.15) is 27.0 Å². The van der Waals surface area contributed by atoms with Crippen LogP contribution in [0.3, 0.4) is 0 Å². The van der Waals surface area contributed by atoms with Crippen molar-refractivity contribution in [1.82, 2.24) is 20.0 Å². The van der Waals surface area contributed by atoms with Crippen LogP contribution >= 0.6 is 0 Å². The highest BCUT2D eigenvalue weighted by molar-refractivity contribution is 5.94. The van der Waals surface area contributed by atoms with E-state index in [1.165, 1.54) is 5.56 Å². The van der Waals surface area contributed by atoms with Gasteiger partial charge in [0, 0.05) is 31.0 Å². The molecule has 0 bridgehead atoms. The zero-order valence-electron chi connectivity index (χ0n) is 15.2. The van der Waals surface area contributed by atoms with E-state index in [1.807, 2.05) is 67.4 Å². The van der Waals surface area contributed by atoms with Gasteiger partial charge in [-0.2, -0.15) is 5.10 Å². The fourth-order valence-electron chi connectivity index (χ4n) is 2.85. The molecular formula is C21H24N4O. The van der Waals surface area contributed by atoms with Gasteiger partial charge in [-0.15, -0.1) is 0 Å². The number of carbonyl (C=O) groups is 1. The van der Waals surface area contributed by atoms with Gasteiger partial charge < -0.3 is 10.2 Å². The van der Waals surface area contributed by atoms with Gasteiger partial charge in [0.15, 0.2) is 0 Å². The molecule has 1 N–H and O–H groups in total. The Kier molecular flexibility index (Phi) is 5.81. The molecule has 5 heteroatoms. The third-order valence-electron chi connectivity index (χ3n) is 4.16. The molecule has 5 nitrogen and oxygen atoms in total. The quantitative estimate of drug-likeness (QED) is 0.714. The van der Waals surface area contributed by atoms with Gasteiger partial charge in [0.25, 0.3) is 5.91 Å². The van der Waals surface area contributed by atoms with Crippen LogP contribution in [0.15, 0.2) is 67.0 Å². The van der Waals surface area contributed by atoms with Crippen molar-refractivity contribution in [3.05, 3.63) is 89.2 Å². The van der Waals surface area contributed by atoms with Gasteiger partial charge in [0.2, 0.25) is 0 Å². The molecule has 0 saturated carbocycles. The second-order valence-electron chi connectivity index (χ2n) is 6.59. The highest BCUT2D eigenvalue weighted by atomic mass is 16.1. The SMILES string of the molecule is CN(C)Cc1ccccc1CNC(=O)c1ccc(Cn2cccn2)cc1. The Balaban J connectivity index is 1.60. The Hall–Kier alpha value is -2.92. The lowest BCUT2D eigenvalue weighted by Gasteiger charge is -2.14. The minimum atomic E-state index is -0.0599. The smallest absolute Gasteiger partial charge is 0.251 e. The summed E-state index contributed by atoms with van der Waals surface area (Å²) in [5, 5.41) is 7.21. The van der Waals surface area contributed by atoms with Crippen LogP contribution in [0.2, 0.25) is 0 Å². The average Bonchev–Trinajstić information content (AvgIpc) is 3.14. The Bertz CT molecular complexity index is 839. The van der Waals surface area contributed by atoms with Gasteiger partial charge in [0.1, 0.15) is 0 Å². The minimum absolute atomic E-state index is 0.0599. The summed E-state index contributed by atoms with van der Waals surface area (Å²) in [5.74, 6) is -0.0599. The maximum absolute atomic E-state index is 12.4. The highest BCUT2D eigenvalue weighted by Crippen LogP contribution is 2.11. The molecular weight excluding hydrogens is 324 g/mol. The maximum atomic E-state index is 12.4. The van der Waals surface area contributed by atoms with Crippen LogP contribution in [0.4, 0.5) is 0 Å². The number of aromatic nitrogens is 2. The summed E-state index contributed by atoms with van der Waals surface area (Å²) in [6, 6.07) is 17.8. The van der Waals surface area contributed by atoms with Crippen LogP contribution in [-0.2, 0) is 19.6 Å². The van der Waals surface area contributed by atoms with E-state index in [1.54, 1.807) is 6.20 Å². The van der Waals surface area contributed by atoms with Crippen molar-refractivity contribution < 1.29 is 4.79 Å². The first-order valence-corrected chi connectivity index (χ1v) is 8.68. The number of benzene rings is 2. The first kappa shape index (κ1) is 17.9. The molecule has 3 aromatic rings. The van der Waals surface area contributed by atoms with E-state index in [0.29, 0.717) is 18.7 Å². The standard InChI is InChI=1S/C21H24N4O/c1-24(2)16-20-7-4-3-6-19(20)14-22-21(26)18-10-8-17(9-11-18)15-25-13-5-12-23-25/h3-13H,14-16H2,1-2H3,(H,22,26). The average molecular weight is 348 g/mol. The molecule has 0 aliphatic heterocycles. The van der Waals surface area contributed by atoms with Crippen molar-refractivity contribution in [3.63, 3.8) is 0 Å². The highest BCUT2D eigenvalue weighted by Gasteiger charge is 2.08. The molecule has 26 heavy (non-hydrogen) atoms. The molecule has 0 saturated heterocycles. The molecule has 1 heterocycles. The summed E-state index contributed by atoms with van der Waals surface area (Å²) < 4.78 is 1.86. The van der Waals surface area contributed by atoms with E-state index in [-0.39, 0.29) is 5.91 Å². The van der Waals surface area contributed by atoms with Crippen molar-refractivity contribution in [2.24, 2.45) is 0 Å². The molecule has 134 valence electrons. The number of nitrogens with one attached hydrogen (secondary N) is 1. The fraction of sp³-hybridized carbons (Fsp3) is 0.238. The second kappa shape index (κ2) is 8.45. The molecule has 0 radical (unpaired) electrons. The van der Waals surface area contributed by atoms with Gasteiger partial charge in [0.05, 0.1) is 6.54 Å². The van der Waals surface area contributed by atoms with Crippen LogP contribution in [-0.4, -0.2) is 34.7 Å². The summed E-state index contributed by atoms with van der Waals surface area (Å²) in [7, 11) is 4.08. The predicted octanol–water partition coefficient (Wildman–Crippen LogP) is 2.92. The largest absolute Gasteiger partial charge is 0.348 e. The fourth-order valence-corrected chi connectivity index (χ4v) is 2.85.